The molecule has 0 aliphatic rings. The zero-order valence-corrected chi connectivity index (χ0v) is 14.0. The lowest BCUT2D eigenvalue weighted by Crippen LogP contribution is -2.41. The summed E-state index contributed by atoms with van der Waals surface area (Å²) in [6.45, 7) is 0.279. The first-order valence-electron chi connectivity index (χ1n) is 7.04. The van der Waals surface area contributed by atoms with Crippen molar-refractivity contribution >= 4 is 54.0 Å². The fourth-order valence-corrected chi connectivity index (χ4v) is 4.76. The SMILES string of the molecule is COCCC(NC(=O)c1cc2sc3ccccc3c2s1)C(=O)O. The Kier molecular flexibility index (Phi) is 4.61. The number of amides is 1. The van der Waals surface area contributed by atoms with E-state index in [0.29, 0.717) is 4.88 Å². The van der Waals surface area contributed by atoms with E-state index < -0.39 is 12.0 Å². The second kappa shape index (κ2) is 6.66. The van der Waals surface area contributed by atoms with Gasteiger partial charge in [0.15, 0.2) is 0 Å². The van der Waals surface area contributed by atoms with E-state index in [1.165, 1.54) is 23.1 Å². The highest BCUT2D eigenvalue weighted by Crippen LogP contribution is 2.39. The first-order valence-corrected chi connectivity index (χ1v) is 8.67. The normalized spacial score (nSPS) is 12.6. The van der Waals surface area contributed by atoms with Crippen LogP contribution in [0.4, 0.5) is 0 Å². The molecule has 2 N–H and O–H groups in total. The zero-order chi connectivity index (χ0) is 16.4. The number of fused-ring (bicyclic) bond motifs is 3. The fraction of sp³-hybridized carbons (Fsp3) is 0.250. The Hall–Kier alpha value is -1.96. The van der Waals surface area contributed by atoms with Gasteiger partial charge in [-0.1, -0.05) is 18.2 Å². The van der Waals surface area contributed by atoms with Crippen LogP contribution in [0.1, 0.15) is 16.1 Å². The van der Waals surface area contributed by atoms with Crippen LogP contribution in [-0.4, -0.2) is 36.7 Å². The number of benzene rings is 1. The summed E-state index contributed by atoms with van der Waals surface area (Å²) < 4.78 is 8.18. The molecule has 0 saturated heterocycles. The number of carbonyl (C=O) groups is 2. The van der Waals surface area contributed by atoms with Crippen molar-refractivity contribution in [3.8, 4) is 0 Å². The van der Waals surface area contributed by atoms with Gasteiger partial charge in [0, 0.05) is 34.9 Å². The number of carboxylic acid groups (broad SMARTS) is 1. The summed E-state index contributed by atoms with van der Waals surface area (Å²) in [5.41, 5.74) is 0. The van der Waals surface area contributed by atoms with E-state index >= 15 is 0 Å². The second-order valence-corrected chi connectivity index (χ2v) is 7.18. The maximum Gasteiger partial charge on any atom is 0.326 e. The lowest BCUT2D eigenvalue weighted by atomic mass is 10.2. The van der Waals surface area contributed by atoms with E-state index in [2.05, 4.69) is 11.4 Å². The quantitative estimate of drug-likeness (QED) is 0.716. The summed E-state index contributed by atoms with van der Waals surface area (Å²) in [5.74, 6) is -1.41. The predicted octanol–water partition coefficient (Wildman–Crippen LogP) is 3.34. The molecule has 2 aromatic heterocycles. The number of methoxy groups -OCH3 is 1. The van der Waals surface area contributed by atoms with Crippen LogP contribution in [0.3, 0.4) is 0 Å². The minimum Gasteiger partial charge on any atom is -0.480 e. The molecule has 2 heterocycles. The highest BCUT2D eigenvalue weighted by molar-refractivity contribution is 7.33. The van der Waals surface area contributed by atoms with Crippen LogP contribution in [0.15, 0.2) is 30.3 Å². The molecular formula is C16H15NO4S2. The Morgan fingerprint density at radius 1 is 1.26 bits per heavy atom. The van der Waals surface area contributed by atoms with Crippen LogP contribution < -0.4 is 5.32 Å². The third-order valence-electron chi connectivity index (χ3n) is 3.49. The number of hydrogen-bond acceptors (Lipinski definition) is 5. The Balaban J connectivity index is 1.84. The molecular weight excluding hydrogens is 334 g/mol. The molecule has 120 valence electrons. The minimum atomic E-state index is -1.06. The molecule has 5 nitrogen and oxygen atoms in total. The van der Waals surface area contributed by atoms with Gasteiger partial charge in [-0.25, -0.2) is 4.79 Å². The molecule has 0 aliphatic carbocycles. The van der Waals surface area contributed by atoms with Crippen LogP contribution in [0.25, 0.3) is 19.5 Å². The summed E-state index contributed by atoms with van der Waals surface area (Å²) in [5, 5.41) is 12.9. The van der Waals surface area contributed by atoms with Crippen molar-refractivity contribution in [1.29, 1.82) is 0 Å². The van der Waals surface area contributed by atoms with Crippen molar-refractivity contribution in [3.63, 3.8) is 0 Å². The molecule has 7 heteroatoms. The maximum absolute atomic E-state index is 12.3. The van der Waals surface area contributed by atoms with Crippen LogP contribution in [0, 0.1) is 0 Å². The van der Waals surface area contributed by atoms with Gasteiger partial charge in [-0.05, 0) is 12.1 Å². The van der Waals surface area contributed by atoms with E-state index in [1.54, 1.807) is 11.3 Å². The average molecular weight is 349 g/mol. The molecule has 1 aromatic carbocycles. The molecule has 1 amide bonds. The molecule has 0 bridgehead atoms. The Morgan fingerprint density at radius 2 is 2.04 bits per heavy atom. The number of thiophene rings is 2. The van der Waals surface area contributed by atoms with Gasteiger partial charge in [-0.3, -0.25) is 4.79 Å². The van der Waals surface area contributed by atoms with E-state index in [9.17, 15) is 14.7 Å². The molecule has 0 aliphatic heterocycles. The number of rotatable bonds is 6. The number of nitrogens with one attached hydrogen (secondary N) is 1. The Bertz CT molecular complexity index is 867. The summed E-state index contributed by atoms with van der Waals surface area (Å²) in [6.07, 6.45) is 0.236. The smallest absolute Gasteiger partial charge is 0.326 e. The summed E-state index contributed by atoms with van der Waals surface area (Å²) in [4.78, 5) is 24.1. The lowest BCUT2D eigenvalue weighted by Gasteiger charge is -2.13. The molecule has 0 radical (unpaired) electrons. The van der Waals surface area contributed by atoms with Gasteiger partial charge in [0.25, 0.3) is 5.91 Å². The van der Waals surface area contributed by atoms with Crippen molar-refractivity contribution < 1.29 is 19.4 Å². The third kappa shape index (κ3) is 3.21. The molecule has 1 unspecified atom stereocenters. The second-order valence-electron chi connectivity index (χ2n) is 5.05. The van der Waals surface area contributed by atoms with Gasteiger partial charge < -0.3 is 15.2 Å². The number of carbonyl (C=O) groups excluding carboxylic acids is 1. The van der Waals surface area contributed by atoms with E-state index in [4.69, 9.17) is 4.74 Å². The fourth-order valence-electron chi connectivity index (χ4n) is 2.33. The van der Waals surface area contributed by atoms with Crippen LogP contribution in [0.2, 0.25) is 0 Å². The zero-order valence-electron chi connectivity index (χ0n) is 12.4. The monoisotopic (exact) mass is 349 g/mol. The molecule has 0 fully saturated rings. The van der Waals surface area contributed by atoms with Gasteiger partial charge in [0.1, 0.15) is 6.04 Å². The lowest BCUT2D eigenvalue weighted by molar-refractivity contribution is -0.139. The first kappa shape index (κ1) is 15.9. The molecule has 0 saturated carbocycles. The van der Waals surface area contributed by atoms with Gasteiger partial charge in [-0.15, -0.1) is 22.7 Å². The molecule has 23 heavy (non-hydrogen) atoms. The van der Waals surface area contributed by atoms with E-state index in [1.807, 2.05) is 24.3 Å². The first-order chi connectivity index (χ1) is 11.1. The topological polar surface area (TPSA) is 75.6 Å². The third-order valence-corrected chi connectivity index (χ3v) is 5.90. The number of ether oxygens (including phenoxy) is 1. The van der Waals surface area contributed by atoms with Crippen molar-refractivity contribution in [1.82, 2.24) is 5.32 Å². The number of carboxylic acids is 1. The van der Waals surface area contributed by atoms with Crippen LogP contribution in [0.5, 0.6) is 0 Å². The van der Waals surface area contributed by atoms with Crippen LogP contribution >= 0.6 is 22.7 Å². The van der Waals surface area contributed by atoms with E-state index in [0.717, 1.165) is 14.8 Å². The van der Waals surface area contributed by atoms with Crippen molar-refractivity contribution in [2.75, 3.05) is 13.7 Å². The van der Waals surface area contributed by atoms with Crippen molar-refractivity contribution in [2.24, 2.45) is 0 Å². The van der Waals surface area contributed by atoms with Gasteiger partial charge in [-0.2, -0.15) is 0 Å². The molecule has 1 atom stereocenters. The molecule has 3 aromatic rings. The largest absolute Gasteiger partial charge is 0.480 e. The highest BCUT2D eigenvalue weighted by atomic mass is 32.1. The summed E-state index contributed by atoms with van der Waals surface area (Å²) in [6, 6.07) is 8.93. The molecule has 0 spiro atoms. The highest BCUT2D eigenvalue weighted by Gasteiger charge is 2.22. The number of aliphatic carboxylic acids is 1. The Morgan fingerprint density at radius 3 is 2.78 bits per heavy atom. The molecule has 3 rings (SSSR count). The van der Waals surface area contributed by atoms with E-state index in [-0.39, 0.29) is 18.9 Å². The van der Waals surface area contributed by atoms with Gasteiger partial charge in [0.2, 0.25) is 0 Å². The number of hydrogen-bond donors (Lipinski definition) is 2. The standard InChI is InChI=1S/C16H15NO4S2/c1-21-7-6-10(16(19)20)17-15(18)13-8-12-14(23-13)9-4-2-3-5-11(9)22-12/h2-5,8,10H,6-7H2,1H3,(H,17,18)(H,19,20). The maximum atomic E-state index is 12.3. The Labute approximate surface area is 140 Å². The summed E-state index contributed by atoms with van der Waals surface area (Å²) >= 11 is 3.03. The van der Waals surface area contributed by atoms with Gasteiger partial charge >= 0.3 is 5.97 Å². The average Bonchev–Trinajstić information content (AvgIpc) is 3.08. The van der Waals surface area contributed by atoms with Gasteiger partial charge in [0.05, 0.1) is 9.58 Å². The summed E-state index contributed by atoms with van der Waals surface area (Å²) in [7, 11) is 1.50. The predicted molar refractivity (Wildman–Crippen MR) is 92.6 cm³/mol. The van der Waals surface area contributed by atoms with Crippen LogP contribution in [-0.2, 0) is 9.53 Å². The van der Waals surface area contributed by atoms with Crippen molar-refractivity contribution in [2.45, 2.75) is 12.5 Å². The van der Waals surface area contributed by atoms with Crippen molar-refractivity contribution in [3.05, 3.63) is 35.2 Å². The minimum absolute atomic E-state index is 0.236.